The predicted octanol–water partition coefficient (Wildman–Crippen LogP) is 1.44. The smallest absolute Gasteiger partial charge is 0.275 e. The van der Waals surface area contributed by atoms with Crippen LogP contribution in [0.25, 0.3) is 0 Å². The van der Waals surface area contributed by atoms with Gasteiger partial charge in [0.15, 0.2) is 6.54 Å². The van der Waals surface area contributed by atoms with Gasteiger partial charge in [-0.05, 0) is 30.9 Å². The fraction of sp³-hybridized carbons (Fsp3) is 0.722. The third-order valence-electron chi connectivity index (χ3n) is 5.67. The van der Waals surface area contributed by atoms with Crippen LogP contribution in [-0.2, 0) is 11.8 Å². The number of likely N-dealkylation sites (tertiary alicyclic amines) is 1. The van der Waals surface area contributed by atoms with Gasteiger partial charge in [-0.15, -0.1) is 0 Å². The zero-order valence-corrected chi connectivity index (χ0v) is 14.0. The summed E-state index contributed by atoms with van der Waals surface area (Å²) in [7, 11) is 2.11. The molecule has 1 aromatic heterocycles. The van der Waals surface area contributed by atoms with Crippen LogP contribution in [0.15, 0.2) is 18.3 Å². The molecule has 22 heavy (non-hydrogen) atoms. The topological polar surface area (TPSA) is 38.5 Å². The van der Waals surface area contributed by atoms with Crippen LogP contribution in [0.3, 0.4) is 0 Å². The summed E-state index contributed by atoms with van der Waals surface area (Å²) in [6, 6.07) is 5.19. The van der Waals surface area contributed by atoms with E-state index in [1.54, 1.807) is 0 Å². The molecule has 1 saturated heterocycles. The molecule has 1 aromatic rings. The Balaban J connectivity index is 1.57. The summed E-state index contributed by atoms with van der Waals surface area (Å²) in [6.45, 7) is 4.02. The molecule has 1 aliphatic heterocycles. The summed E-state index contributed by atoms with van der Waals surface area (Å²) in [4.78, 5) is 13.9. The lowest BCUT2D eigenvalue weighted by molar-refractivity contribution is -0.911. The van der Waals surface area contributed by atoms with Crippen LogP contribution in [0.4, 0.5) is 0 Å². The highest BCUT2D eigenvalue weighted by atomic mass is 16.2. The highest BCUT2D eigenvalue weighted by Crippen LogP contribution is 2.23. The van der Waals surface area contributed by atoms with Crippen molar-refractivity contribution in [3.8, 4) is 0 Å². The average Bonchev–Trinajstić information content (AvgIpc) is 3.10. The molecule has 4 nitrogen and oxygen atoms in total. The average molecular weight is 304 g/mol. The third kappa shape index (κ3) is 3.37. The number of hydrogen-bond acceptors (Lipinski definition) is 1. The van der Waals surface area contributed by atoms with Crippen LogP contribution in [0, 0.1) is 5.92 Å². The standard InChI is InChI=1S/C18H29N3O/c1-14-7-3-4-8-15(14)19-18(22)13-21-12-6-10-17(21)16-9-5-11-20(16)2/h5,9,11,14-15,17H,3-4,6-8,10,12-13H2,1-2H3,(H,19,22)/p+1/t14-,15+,17+/m0/s1. The van der Waals surface area contributed by atoms with E-state index in [1.165, 1.54) is 42.7 Å². The number of quaternary nitrogens is 1. The lowest BCUT2D eigenvalue weighted by atomic mass is 9.86. The van der Waals surface area contributed by atoms with Crippen molar-refractivity contribution in [2.24, 2.45) is 13.0 Å². The molecule has 1 aliphatic carbocycles. The van der Waals surface area contributed by atoms with E-state index in [9.17, 15) is 4.79 Å². The minimum Gasteiger partial charge on any atom is -0.350 e. The Bertz CT molecular complexity index is 510. The highest BCUT2D eigenvalue weighted by Gasteiger charge is 2.33. The van der Waals surface area contributed by atoms with Crippen molar-refractivity contribution in [3.63, 3.8) is 0 Å². The number of rotatable bonds is 4. The Morgan fingerprint density at radius 3 is 2.86 bits per heavy atom. The first-order valence-electron chi connectivity index (χ1n) is 8.90. The molecule has 2 fully saturated rings. The zero-order valence-electron chi connectivity index (χ0n) is 14.0. The van der Waals surface area contributed by atoms with Gasteiger partial charge in [-0.1, -0.05) is 19.8 Å². The number of carbonyl (C=O) groups excluding carboxylic acids is 1. The second kappa shape index (κ2) is 6.86. The van der Waals surface area contributed by atoms with Gasteiger partial charge >= 0.3 is 0 Å². The summed E-state index contributed by atoms with van der Waals surface area (Å²) in [5.74, 6) is 0.879. The fourth-order valence-corrected chi connectivity index (χ4v) is 4.31. The van der Waals surface area contributed by atoms with Crippen molar-refractivity contribution in [2.45, 2.75) is 57.5 Å². The van der Waals surface area contributed by atoms with Gasteiger partial charge in [-0.25, -0.2) is 0 Å². The molecular formula is C18H30N3O+. The lowest BCUT2D eigenvalue weighted by Gasteiger charge is -2.30. The number of carbonyl (C=O) groups is 1. The number of aromatic nitrogens is 1. The minimum atomic E-state index is 0.245. The largest absolute Gasteiger partial charge is 0.350 e. The van der Waals surface area contributed by atoms with Crippen LogP contribution in [-0.4, -0.2) is 29.6 Å². The summed E-state index contributed by atoms with van der Waals surface area (Å²) in [6.07, 6.45) is 9.52. The van der Waals surface area contributed by atoms with Gasteiger partial charge in [0, 0.05) is 32.1 Å². The summed E-state index contributed by atoms with van der Waals surface area (Å²) >= 11 is 0. The van der Waals surface area contributed by atoms with E-state index in [0.29, 0.717) is 24.5 Å². The molecule has 1 amide bonds. The van der Waals surface area contributed by atoms with Crippen LogP contribution in [0.5, 0.6) is 0 Å². The van der Waals surface area contributed by atoms with Gasteiger partial charge in [0.1, 0.15) is 6.04 Å². The van der Waals surface area contributed by atoms with Crippen molar-refractivity contribution >= 4 is 5.91 Å². The second-order valence-corrected chi connectivity index (χ2v) is 7.26. The van der Waals surface area contributed by atoms with Gasteiger partial charge in [-0.2, -0.15) is 0 Å². The van der Waals surface area contributed by atoms with Crippen molar-refractivity contribution in [1.29, 1.82) is 0 Å². The fourth-order valence-electron chi connectivity index (χ4n) is 4.31. The van der Waals surface area contributed by atoms with Gasteiger partial charge in [0.05, 0.1) is 12.2 Å². The Hall–Kier alpha value is -1.29. The normalized spacial score (nSPS) is 32.1. The van der Waals surface area contributed by atoms with E-state index in [2.05, 4.69) is 42.2 Å². The maximum absolute atomic E-state index is 12.5. The number of nitrogens with zero attached hydrogens (tertiary/aromatic N) is 1. The van der Waals surface area contributed by atoms with Crippen molar-refractivity contribution in [2.75, 3.05) is 13.1 Å². The monoisotopic (exact) mass is 304 g/mol. The molecule has 2 heterocycles. The van der Waals surface area contributed by atoms with Crippen molar-refractivity contribution < 1.29 is 9.69 Å². The number of amides is 1. The molecule has 4 atom stereocenters. The number of aryl methyl sites for hydroxylation is 1. The molecule has 0 bridgehead atoms. The molecule has 1 saturated carbocycles. The van der Waals surface area contributed by atoms with Crippen LogP contribution in [0.2, 0.25) is 0 Å². The van der Waals surface area contributed by atoms with Gasteiger partial charge in [0.2, 0.25) is 0 Å². The van der Waals surface area contributed by atoms with Crippen LogP contribution < -0.4 is 10.2 Å². The Kier molecular flexibility index (Phi) is 4.87. The second-order valence-electron chi connectivity index (χ2n) is 7.26. The zero-order chi connectivity index (χ0) is 15.5. The molecule has 2 N–H and O–H groups in total. The SMILES string of the molecule is C[C@H]1CCCC[C@H]1NC(=O)C[NH+]1CCC[C@@H]1c1cccn1C. The van der Waals surface area contributed by atoms with E-state index in [1.807, 2.05) is 0 Å². The maximum Gasteiger partial charge on any atom is 0.275 e. The first kappa shape index (κ1) is 15.6. The van der Waals surface area contributed by atoms with Gasteiger partial charge in [0.25, 0.3) is 5.91 Å². The third-order valence-corrected chi connectivity index (χ3v) is 5.67. The maximum atomic E-state index is 12.5. The summed E-state index contributed by atoms with van der Waals surface area (Å²) < 4.78 is 2.21. The predicted molar refractivity (Wildman–Crippen MR) is 87.6 cm³/mol. The number of nitrogens with one attached hydrogen (secondary N) is 2. The van der Waals surface area contributed by atoms with Crippen LogP contribution in [0.1, 0.15) is 57.2 Å². The Labute approximate surface area is 133 Å². The molecule has 0 aromatic carbocycles. The molecule has 0 radical (unpaired) electrons. The Morgan fingerprint density at radius 2 is 2.14 bits per heavy atom. The molecular weight excluding hydrogens is 274 g/mol. The van der Waals surface area contributed by atoms with Gasteiger partial charge < -0.3 is 14.8 Å². The molecule has 3 rings (SSSR count). The Morgan fingerprint density at radius 1 is 1.32 bits per heavy atom. The summed E-state index contributed by atoms with van der Waals surface area (Å²) in [5.41, 5.74) is 1.37. The highest BCUT2D eigenvalue weighted by molar-refractivity contribution is 5.77. The molecule has 1 unspecified atom stereocenters. The quantitative estimate of drug-likeness (QED) is 0.868. The van der Waals surface area contributed by atoms with E-state index in [0.717, 1.165) is 13.0 Å². The van der Waals surface area contributed by atoms with Crippen molar-refractivity contribution in [1.82, 2.24) is 9.88 Å². The first-order chi connectivity index (χ1) is 10.6. The molecule has 0 spiro atoms. The van der Waals surface area contributed by atoms with E-state index >= 15 is 0 Å². The van der Waals surface area contributed by atoms with Crippen molar-refractivity contribution in [3.05, 3.63) is 24.0 Å². The summed E-state index contributed by atoms with van der Waals surface area (Å²) in [5, 5.41) is 3.31. The van der Waals surface area contributed by atoms with Gasteiger partial charge in [-0.3, -0.25) is 4.79 Å². The van der Waals surface area contributed by atoms with E-state index in [-0.39, 0.29) is 5.91 Å². The molecule has 122 valence electrons. The first-order valence-corrected chi connectivity index (χ1v) is 8.90. The van der Waals surface area contributed by atoms with Crippen LogP contribution >= 0.6 is 0 Å². The number of hydrogen-bond donors (Lipinski definition) is 2. The molecule has 4 heteroatoms. The lowest BCUT2D eigenvalue weighted by Crippen LogP contribution is -3.11. The van der Waals surface area contributed by atoms with E-state index < -0.39 is 0 Å². The molecule has 2 aliphatic rings. The van der Waals surface area contributed by atoms with E-state index in [4.69, 9.17) is 0 Å². The minimum absolute atomic E-state index is 0.245.